The molecule has 1 aromatic heterocycles. The third kappa shape index (κ3) is 3.23. The van der Waals surface area contributed by atoms with E-state index in [1.165, 1.54) is 12.7 Å². The Bertz CT molecular complexity index is 650. The van der Waals surface area contributed by atoms with E-state index in [1.54, 1.807) is 30.3 Å². The number of nitrogens with two attached hydrogens (primary N) is 1. The highest BCUT2D eigenvalue weighted by molar-refractivity contribution is 5.89. The predicted molar refractivity (Wildman–Crippen MR) is 76.5 cm³/mol. The highest BCUT2D eigenvalue weighted by atomic mass is 16.4. The van der Waals surface area contributed by atoms with Crippen molar-refractivity contribution in [1.82, 2.24) is 20.3 Å². The van der Waals surface area contributed by atoms with E-state index < -0.39 is 17.4 Å². The van der Waals surface area contributed by atoms with Gasteiger partial charge in [0.25, 0.3) is 0 Å². The summed E-state index contributed by atoms with van der Waals surface area (Å²) in [6.07, 6.45) is 2.41. The summed E-state index contributed by atoms with van der Waals surface area (Å²) in [4.78, 5) is 35.3. The molecular formula is C14H15N5O3. The average Bonchev–Trinajstić information content (AvgIpc) is 2.55. The van der Waals surface area contributed by atoms with Crippen LogP contribution < -0.4 is 11.1 Å². The molecule has 2 rings (SSSR count). The lowest BCUT2D eigenvalue weighted by molar-refractivity contribution is -0.148. The first-order valence-corrected chi connectivity index (χ1v) is 6.49. The summed E-state index contributed by atoms with van der Waals surface area (Å²) in [7, 11) is 0. The summed E-state index contributed by atoms with van der Waals surface area (Å²) in [6.45, 7) is -0.320. The molecule has 8 heteroatoms. The zero-order valence-corrected chi connectivity index (χ0v) is 11.6. The standard InChI is InChI=1S/C14H15N5O3/c15-7-12(20)19-14(13(21)22,10-4-2-1-3-5-10)6-11-17-8-16-9-18-11/h1-5,8-9H,6-7,15H2,(H,19,20)(H,21,22). The first-order chi connectivity index (χ1) is 10.6. The minimum atomic E-state index is -1.70. The van der Waals surface area contributed by atoms with Crippen LogP contribution in [0.25, 0.3) is 0 Å². The molecule has 1 atom stereocenters. The van der Waals surface area contributed by atoms with Crippen LogP contribution in [-0.4, -0.2) is 38.5 Å². The summed E-state index contributed by atoms with van der Waals surface area (Å²) in [5.74, 6) is -1.56. The molecule has 1 unspecified atom stereocenters. The van der Waals surface area contributed by atoms with Crippen LogP contribution in [-0.2, 0) is 21.5 Å². The Morgan fingerprint density at radius 3 is 2.36 bits per heavy atom. The zero-order valence-electron chi connectivity index (χ0n) is 11.6. The van der Waals surface area contributed by atoms with Crippen LogP contribution in [0.2, 0.25) is 0 Å². The summed E-state index contributed by atoms with van der Waals surface area (Å²) in [5.41, 5.74) is 4.02. The largest absolute Gasteiger partial charge is 0.479 e. The van der Waals surface area contributed by atoms with Gasteiger partial charge in [-0.25, -0.2) is 19.7 Å². The molecule has 4 N–H and O–H groups in total. The molecule has 0 radical (unpaired) electrons. The monoisotopic (exact) mass is 301 g/mol. The van der Waals surface area contributed by atoms with Gasteiger partial charge in [-0.3, -0.25) is 4.79 Å². The van der Waals surface area contributed by atoms with Gasteiger partial charge in [0.1, 0.15) is 18.5 Å². The van der Waals surface area contributed by atoms with E-state index in [4.69, 9.17) is 5.73 Å². The lowest BCUT2D eigenvalue weighted by atomic mass is 9.86. The van der Waals surface area contributed by atoms with Gasteiger partial charge in [0.05, 0.1) is 6.54 Å². The average molecular weight is 301 g/mol. The van der Waals surface area contributed by atoms with Crippen molar-refractivity contribution in [1.29, 1.82) is 0 Å². The number of aromatic nitrogens is 3. The lowest BCUT2D eigenvalue weighted by Crippen LogP contribution is -2.55. The van der Waals surface area contributed by atoms with E-state index in [9.17, 15) is 14.7 Å². The highest BCUT2D eigenvalue weighted by Gasteiger charge is 2.42. The summed E-state index contributed by atoms with van der Waals surface area (Å²) >= 11 is 0. The number of nitrogens with zero attached hydrogens (tertiary/aromatic N) is 3. The van der Waals surface area contributed by atoms with Crippen molar-refractivity contribution in [3.05, 3.63) is 54.4 Å². The molecule has 0 spiro atoms. The van der Waals surface area contributed by atoms with E-state index >= 15 is 0 Å². The molecule has 1 heterocycles. The summed E-state index contributed by atoms with van der Waals surface area (Å²) in [5, 5.41) is 12.2. The molecule has 0 aliphatic carbocycles. The van der Waals surface area contributed by atoms with Crippen LogP contribution in [0.4, 0.5) is 0 Å². The second-order valence-corrected chi connectivity index (χ2v) is 4.56. The number of amides is 1. The van der Waals surface area contributed by atoms with E-state index in [-0.39, 0.29) is 18.8 Å². The first kappa shape index (κ1) is 15.5. The van der Waals surface area contributed by atoms with Crippen molar-refractivity contribution in [3.63, 3.8) is 0 Å². The van der Waals surface area contributed by atoms with Gasteiger partial charge in [-0.1, -0.05) is 30.3 Å². The molecule has 0 aliphatic heterocycles. The molecule has 1 aromatic carbocycles. The maximum absolute atomic E-state index is 12.0. The Hall–Kier alpha value is -2.87. The van der Waals surface area contributed by atoms with Gasteiger partial charge in [-0.05, 0) is 5.56 Å². The van der Waals surface area contributed by atoms with Crippen LogP contribution >= 0.6 is 0 Å². The Kier molecular flexibility index (Phi) is 4.74. The number of carboxylic acids is 1. The quantitative estimate of drug-likeness (QED) is 0.653. The number of hydrogen-bond donors (Lipinski definition) is 3. The molecule has 1 amide bonds. The molecule has 8 nitrogen and oxygen atoms in total. The van der Waals surface area contributed by atoms with E-state index in [2.05, 4.69) is 20.3 Å². The van der Waals surface area contributed by atoms with Gasteiger partial charge in [-0.2, -0.15) is 0 Å². The van der Waals surface area contributed by atoms with Crippen LogP contribution in [0, 0.1) is 0 Å². The SMILES string of the molecule is NCC(=O)NC(Cc1ncncn1)(C(=O)O)c1ccccc1. The summed E-state index contributed by atoms with van der Waals surface area (Å²) in [6, 6.07) is 8.37. The molecule has 0 saturated carbocycles. The maximum atomic E-state index is 12.0. The number of aliphatic carboxylic acids is 1. The molecule has 2 aromatic rings. The van der Waals surface area contributed by atoms with Gasteiger partial charge < -0.3 is 16.2 Å². The van der Waals surface area contributed by atoms with E-state index in [0.717, 1.165) is 0 Å². The second kappa shape index (κ2) is 6.72. The second-order valence-electron chi connectivity index (χ2n) is 4.56. The molecule has 0 saturated heterocycles. The van der Waals surface area contributed by atoms with Gasteiger partial charge in [0, 0.05) is 6.42 Å². The molecule has 0 bridgehead atoms. The predicted octanol–water partition coefficient (Wildman–Crippen LogP) is -0.531. The van der Waals surface area contributed by atoms with Gasteiger partial charge in [-0.15, -0.1) is 0 Å². The Balaban J connectivity index is 2.50. The molecular weight excluding hydrogens is 286 g/mol. The Morgan fingerprint density at radius 2 is 1.82 bits per heavy atom. The smallest absolute Gasteiger partial charge is 0.334 e. The van der Waals surface area contributed by atoms with Crippen LogP contribution in [0.3, 0.4) is 0 Å². The number of carbonyl (C=O) groups excluding carboxylic acids is 1. The van der Waals surface area contributed by atoms with Crippen molar-refractivity contribution in [3.8, 4) is 0 Å². The van der Waals surface area contributed by atoms with Crippen molar-refractivity contribution in [2.75, 3.05) is 6.54 Å². The van der Waals surface area contributed by atoms with E-state index in [1.807, 2.05) is 0 Å². The third-order valence-electron chi connectivity index (χ3n) is 3.14. The molecule has 0 aliphatic rings. The van der Waals surface area contributed by atoms with Crippen molar-refractivity contribution in [2.45, 2.75) is 12.0 Å². The number of carbonyl (C=O) groups is 2. The zero-order chi connectivity index (χ0) is 16.0. The minimum Gasteiger partial charge on any atom is -0.479 e. The van der Waals surface area contributed by atoms with Crippen molar-refractivity contribution in [2.24, 2.45) is 5.73 Å². The number of hydrogen-bond acceptors (Lipinski definition) is 6. The number of rotatable bonds is 6. The topological polar surface area (TPSA) is 131 Å². The van der Waals surface area contributed by atoms with Crippen LogP contribution in [0.15, 0.2) is 43.0 Å². The van der Waals surface area contributed by atoms with Gasteiger partial charge in [0.15, 0.2) is 5.54 Å². The van der Waals surface area contributed by atoms with Crippen molar-refractivity contribution < 1.29 is 14.7 Å². The van der Waals surface area contributed by atoms with E-state index in [0.29, 0.717) is 5.56 Å². The maximum Gasteiger partial charge on any atom is 0.334 e. The van der Waals surface area contributed by atoms with Crippen LogP contribution in [0.5, 0.6) is 0 Å². The van der Waals surface area contributed by atoms with Gasteiger partial charge >= 0.3 is 5.97 Å². The summed E-state index contributed by atoms with van der Waals surface area (Å²) < 4.78 is 0. The fraction of sp³-hybridized carbons (Fsp3) is 0.214. The normalized spacial score (nSPS) is 13.1. The lowest BCUT2D eigenvalue weighted by Gasteiger charge is -2.30. The van der Waals surface area contributed by atoms with Gasteiger partial charge in [0.2, 0.25) is 5.91 Å². The minimum absolute atomic E-state index is 0.124. The van der Waals surface area contributed by atoms with Crippen LogP contribution in [0.1, 0.15) is 11.4 Å². The molecule has 22 heavy (non-hydrogen) atoms. The Morgan fingerprint density at radius 1 is 1.18 bits per heavy atom. The number of nitrogens with one attached hydrogen (secondary N) is 1. The molecule has 0 fully saturated rings. The molecule has 114 valence electrons. The van der Waals surface area contributed by atoms with Crippen molar-refractivity contribution >= 4 is 11.9 Å². The Labute approximate surface area is 126 Å². The fourth-order valence-electron chi connectivity index (χ4n) is 2.07. The fourth-order valence-corrected chi connectivity index (χ4v) is 2.07. The number of benzene rings is 1. The highest BCUT2D eigenvalue weighted by Crippen LogP contribution is 2.25. The number of carboxylic acid groups (broad SMARTS) is 1. The third-order valence-corrected chi connectivity index (χ3v) is 3.14. The first-order valence-electron chi connectivity index (χ1n) is 6.49.